The van der Waals surface area contributed by atoms with Crippen molar-refractivity contribution in [1.82, 2.24) is 0 Å². The van der Waals surface area contributed by atoms with Crippen LogP contribution >= 0.6 is 8.03 Å². The molecular formula is C5H11O7PS. The molecule has 0 aromatic rings. The highest BCUT2D eigenvalue weighted by atomic mass is 32.3. The Kier molecular flexibility index (Phi) is 5.46. The molecule has 0 saturated heterocycles. The third-order valence-corrected chi connectivity index (χ3v) is 3.56. The average molecular weight is 246 g/mol. The summed E-state index contributed by atoms with van der Waals surface area (Å²) in [4.78, 5) is 10.8. The Labute approximate surface area is 82.5 Å². The minimum absolute atomic E-state index is 0.712. The van der Waals surface area contributed by atoms with Gasteiger partial charge < -0.3 is 4.52 Å². The fourth-order valence-corrected chi connectivity index (χ4v) is 2.20. The zero-order valence-corrected chi connectivity index (χ0v) is 9.66. The van der Waals surface area contributed by atoms with Gasteiger partial charge in [0.05, 0.1) is 7.11 Å². The smallest absolute Gasteiger partial charge is 0.332 e. The minimum atomic E-state index is -4.29. The minimum Gasteiger partial charge on any atom is -0.332 e. The molecule has 0 spiro atoms. The van der Waals surface area contributed by atoms with E-state index in [1.807, 2.05) is 0 Å². The van der Waals surface area contributed by atoms with Crippen LogP contribution in [-0.4, -0.2) is 34.3 Å². The lowest BCUT2D eigenvalue weighted by Crippen LogP contribution is -2.23. The van der Waals surface area contributed by atoms with Gasteiger partial charge in [-0.2, -0.15) is 8.42 Å². The van der Waals surface area contributed by atoms with Crippen LogP contribution in [0.4, 0.5) is 0 Å². The van der Waals surface area contributed by atoms with Gasteiger partial charge in [0, 0.05) is 7.11 Å². The lowest BCUT2D eigenvalue weighted by Gasteiger charge is -2.11. The molecular weight excluding hydrogens is 235 g/mol. The number of Topliss-reactive ketones (excluding diaryl/α,β-unsaturated/α-hetero) is 1. The number of rotatable bonds is 6. The van der Waals surface area contributed by atoms with Crippen LogP contribution in [0.25, 0.3) is 0 Å². The van der Waals surface area contributed by atoms with Crippen LogP contribution in [0.3, 0.4) is 0 Å². The van der Waals surface area contributed by atoms with E-state index in [2.05, 4.69) is 12.9 Å². The van der Waals surface area contributed by atoms with Gasteiger partial charge in [-0.05, 0) is 6.92 Å². The highest BCUT2D eigenvalue weighted by Gasteiger charge is 2.28. The molecule has 7 nitrogen and oxygen atoms in total. The molecule has 0 bridgehead atoms. The third-order valence-electron chi connectivity index (χ3n) is 1.20. The molecule has 9 heteroatoms. The quantitative estimate of drug-likeness (QED) is 0.605. The number of ketones is 1. The highest BCUT2D eigenvalue weighted by molar-refractivity contribution is 7.82. The molecule has 14 heavy (non-hydrogen) atoms. The summed E-state index contributed by atoms with van der Waals surface area (Å²) in [6.45, 7) is 1.04. The highest BCUT2D eigenvalue weighted by Crippen LogP contribution is 2.31. The first-order chi connectivity index (χ1) is 6.34. The Balaban J connectivity index is 4.72. The number of carbonyl (C=O) groups is 1. The first kappa shape index (κ1) is 13.7. The molecule has 0 N–H and O–H groups in total. The van der Waals surface area contributed by atoms with Crippen molar-refractivity contribution < 1.29 is 30.7 Å². The van der Waals surface area contributed by atoms with Crippen molar-refractivity contribution in [3.8, 4) is 0 Å². The molecule has 0 amide bonds. The Morgan fingerprint density at radius 1 is 1.36 bits per heavy atom. The molecule has 0 rings (SSSR count). The molecule has 0 radical (unpaired) electrons. The van der Waals surface area contributed by atoms with Crippen molar-refractivity contribution >= 4 is 24.2 Å². The zero-order chi connectivity index (χ0) is 11.4. The Morgan fingerprint density at radius 3 is 2.14 bits per heavy atom. The molecule has 0 fully saturated rings. The van der Waals surface area contributed by atoms with Crippen molar-refractivity contribution in [2.45, 2.75) is 12.8 Å². The lowest BCUT2D eigenvalue weighted by atomic mass is 10.5. The summed E-state index contributed by atoms with van der Waals surface area (Å²) in [6.07, 6.45) is 0. The van der Waals surface area contributed by atoms with E-state index in [1.54, 1.807) is 0 Å². The zero-order valence-electron chi connectivity index (χ0n) is 7.84. The van der Waals surface area contributed by atoms with Crippen LogP contribution in [0.5, 0.6) is 0 Å². The predicted octanol–water partition coefficient (Wildman–Crippen LogP) is -0.0696. The lowest BCUT2D eigenvalue weighted by molar-refractivity contribution is -0.120. The third kappa shape index (κ3) is 4.30. The number of carbonyl (C=O) groups excluding carboxylic acids is 1. The maximum absolute atomic E-state index is 11.0. The Morgan fingerprint density at radius 2 is 1.86 bits per heavy atom. The van der Waals surface area contributed by atoms with Crippen molar-refractivity contribution in [1.29, 1.82) is 0 Å². The Bertz CT molecular complexity index is 321. The summed E-state index contributed by atoms with van der Waals surface area (Å²) < 4.78 is 45.1. The van der Waals surface area contributed by atoms with Gasteiger partial charge in [-0.15, -0.1) is 0 Å². The van der Waals surface area contributed by atoms with Gasteiger partial charge in [-0.3, -0.25) is 13.5 Å². The second-order valence-corrected chi connectivity index (χ2v) is 5.10. The van der Waals surface area contributed by atoms with E-state index in [-0.39, 0.29) is 0 Å². The summed E-state index contributed by atoms with van der Waals surface area (Å²) >= 11 is 0. The average Bonchev–Trinajstić information content (AvgIpc) is 2.13. The standard InChI is InChI=1S/C5H11O7PS/c1-4(6)5(13(7)10-2)12-14(8,9)11-3/h5,13H,1-3H3. The first-order valence-corrected chi connectivity index (χ1v) is 6.14. The molecule has 0 aliphatic carbocycles. The number of hydrogen-bond acceptors (Lipinski definition) is 7. The van der Waals surface area contributed by atoms with E-state index in [4.69, 9.17) is 0 Å². The van der Waals surface area contributed by atoms with Gasteiger partial charge in [0.2, 0.25) is 13.9 Å². The second kappa shape index (κ2) is 5.57. The first-order valence-electron chi connectivity index (χ1n) is 3.41. The van der Waals surface area contributed by atoms with Crippen LogP contribution in [0.1, 0.15) is 6.92 Å². The normalized spacial score (nSPS) is 16.2. The largest absolute Gasteiger partial charge is 0.400 e. The molecule has 84 valence electrons. The molecule has 0 aliphatic heterocycles. The molecule has 2 unspecified atom stereocenters. The van der Waals surface area contributed by atoms with E-state index in [0.717, 1.165) is 21.1 Å². The molecule has 0 saturated carbocycles. The monoisotopic (exact) mass is 246 g/mol. The molecule has 0 aliphatic rings. The maximum atomic E-state index is 11.0. The van der Waals surface area contributed by atoms with E-state index < -0.39 is 30.1 Å². The SMILES string of the molecule is CO[PH](=O)C(OS(=O)(=O)OC)C(C)=O. The van der Waals surface area contributed by atoms with E-state index in [1.165, 1.54) is 0 Å². The van der Waals surface area contributed by atoms with E-state index >= 15 is 0 Å². The van der Waals surface area contributed by atoms with Gasteiger partial charge in [0.25, 0.3) is 0 Å². The van der Waals surface area contributed by atoms with Crippen molar-refractivity contribution in [3.05, 3.63) is 0 Å². The van der Waals surface area contributed by atoms with Gasteiger partial charge in [0.15, 0.2) is 5.78 Å². The van der Waals surface area contributed by atoms with Crippen LogP contribution in [0, 0.1) is 0 Å². The van der Waals surface area contributed by atoms with Gasteiger partial charge in [-0.25, -0.2) is 4.18 Å². The predicted molar refractivity (Wildman–Crippen MR) is 47.5 cm³/mol. The molecule has 0 aromatic carbocycles. The van der Waals surface area contributed by atoms with E-state index in [0.29, 0.717) is 0 Å². The second-order valence-electron chi connectivity index (χ2n) is 2.18. The van der Waals surface area contributed by atoms with Crippen LogP contribution in [-0.2, 0) is 32.6 Å². The summed E-state index contributed by atoms with van der Waals surface area (Å²) in [6, 6.07) is 0. The van der Waals surface area contributed by atoms with Crippen LogP contribution in [0.2, 0.25) is 0 Å². The summed E-state index contributed by atoms with van der Waals surface area (Å²) in [5.74, 6) is -2.34. The van der Waals surface area contributed by atoms with Gasteiger partial charge >= 0.3 is 10.4 Å². The topological polar surface area (TPSA) is 96.0 Å². The summed E-state index contributed by atoms with van der Waals surface area (Å²) in [7, 11) is -5.24. The Hall–Kier alpha value is -0.270. The van der Waals surface area contributed by atoms with E-state index in [9.17, 15) is 17.8 Å². The maximum Gasteiger partial charge on any atom is 0.400 e. The molecule has 0 aromatic heterocycles. The van der Waals surface area contributed by atoms with Crippen LogP contribution < -0.4 is 0 Å². The molecule has 2 atom stereocenters. The molecule has 0 heterocycles. The van der Waals surface area contributed by atoms with Crippen molar-refractivity contribution in [2.24, 2.45) is 0 Å². The van der Waals surface area contributed by atoms with Gasteiger partial charge in [-0.1, -0.05) is 0 Å². The number of hydrogen-bond donors (Lipinski definition) is 0. The van der Waals surface area contributed by atoms with Gasteiger partial charge in [0.1, 0.15) is 0 Å². The summed E-state index contributed by atoms with van der Waals surface area (Å²) in [5, 5.41) is 0. The van der Waals surface area contributed by atoms with Crippen molar-refractivity contribution in [2.75, 3.05) is 14.2 Å². The fourth-order valence-electron chi connectivity index (χ4n) is 0.537. The van der Waals surface area contributed by atoms with Crippen molar-refractivity contribution in [3.63, 3.8) is 0 Å². The van der Waals surface area contributed by atoms with Crippen LogP contribution in [0.15, 0.2) is 0 Å². The fraction of sp³-hybridized carbons (Fsp3) is 0.800. The summed E-state index contributed by atoms with van der Waals surface area (Å²) in [5.41, 5.74) is 0.